The third-order valence-corrected chi connectivity index (χ3v) is 2.70. The van der Waals surface area contributed by atoms with Gasteiger partial charge in [-0.2, -0.15) is 0 Å². The summed E-state index contributed by atoms with van der Waals surface area (Å²) in [7, 11) is 0. The van der Waals surface area contributed by atoms with Crippen LogP contribution in [0, 0.1) is 0 Å². The van der Waals surface area contributed by atoms with Crippen LogP contribution in [0.15, 0.2) is 18.2 Å². The first-order valence-electron chi connectivity index (χ1n) is 6.02. The van der Waals surface area contributed by atoms with Gasteiger partial charge in [0.25, 0.3) is 5.91 Å². The summed E-state index contributed by atoms with van der Waals surface area (Å²) in [6.07, 6.45) is 0.717. The minimum atomic E-state index is -0.515. The number of hydrogen-bond donors (Lipinski definition) is 2. The topological polar surface area (TPSA) is 67.4 Å². The van der Waals surface area contributed by atoms with Crippen molar-refractivity contribution >= 4 is 23.2 Å². The molecule has 0 spiro atoms. The minimum Gasteiger partial charge on any atom is -0.479 e. The average molecular weight is 248 g/mol. The lowest BCUT2D eigenvalue weighted by molar-refractivity contribution is -0.122. The zero-order chi connectivity index (χ0) is 13.1. The summed E-state index contributed by atoms with van der Waals surface area (Å²) in [5.41, 5.74) is 1.11. The first kappa shape index (κ1) is 12.4. The SMILES string of the molecule is CCCC(=O)Nc1cccc2c1NC(=O)C(C)O2. The van der Waals surface area contributed by atoms with Crippen molar-refractivity contribution in [3.8, 4) is 5.75 Å². The Morgan fingerprint density at radius 1 is 1.50 bits per heavy atom. The van der Waals surface area contributed by atoms with Gasteiger partial charge in [-0.3, -0.25) is 9.59 Å². The van der Waals surface area contributed by atoms with Gasteiger partial charge >= 0.3 is 0 Å². The molecule has 96 valence electrons. The number of rotatable bonds is 3. The molecular weight excluding hydrogens is 232 g/mol. The van der Waals surface area contributed by atoms with Crippen LogP contribution in [0.4, 0.5) is 11.4 Å². The smallest absolute Gasteiger partial charge is 0.265 e. The molecular formula is C13H16N2O3. The molecule has 1 aromatic carbocycles. The Bertz CT molecular complexity index is 485. The summed E-state index contributed by atoms with van der Waals surface area (Å²) in [6, 6.07) is 5.29. The average Bonchev–Trinajstić information content (AvgIpc) is 2.32. The van der Waals surface area contributed by atoms with Gasteiger partial charge in [-0.1, -0.05) is 13.0 Å². The zero-order valence-electron chi connectivity index (χ0n) is 10.4. The molecule has 0 bridgehead atoms. The van der Waals surface area contributed by atoms with Gasteiger partial charge in [0.1, 0.15) is 11.4 Å². The van der Waals surface area contributed by atoms with Gasteiger partial charge in [0.2, 0.25) is 5.91 Å². The molecule has 0 saturated heterocycles. The Morgan fingerprint density at radius 2 is 2.28 bits per heavy atom. The number of carbonyl (C=O) groups is 2. The number of amides is 2. The van der Waals surface area contributed by atoms with Gasteiger partial charge in [-0.05, 0) is 25.5 Å². The van der Waals surface area contributed by atoms with Gasteiger partial charge < -0.3 is 15.4 Å². The fraction of sp³-hybridized carbons (Fsp3) is 0.385. The van der Waals surface area contributed by atoms with Gasteiger partial charge in [0.05, 0.1) is 5.69 Å². The third kappa shape index (κ3) is 2.45. The predicted octanol–water partition coefficient (Wildman–Crippen LogP) is 2.14. The van der Waals surface area contributed by atoms with Crippen LogP contribution in [-0.2, 0) is 9.59 Å². The first-order valence-corrected chi connectivity index (χ1v) is 6.02. The summed E-state index contributed by atoms with van der Waals surface area (Å²) >= 11 is 0. The predicted molar refractivity (Wildman–Crippen MR) is 68.7 cm³/mol. The summed E-state index contributed by atoms with van der Waals surface area (Å²) < 4.78 is 5.46. The number of para-hydroxylation sites is 1. The molecule has 1 aromatic rings. The maximum atomic E-state index is 11.6. The van der Waals surface area contributed by atoms with Crippen LogP contribution in [-0.4, -0.2) is 17.9 Å². The fourth-order valence-electron chi connectivity index (χ4n) is 1.77. The van der Waals surface area contributed by atoms with Gasteiger partial charge in [0, 0.05) is 6.42 Å². The van der Waals surface area contributed by atoms with Crippen molar-refractivity contribution in [2.75, 3.05) is 10.6 Å². The van der Waals surface area contributed by atoms with Crippen LogP contribution in [0.3, 0.4) is 0 Å². The lowest BCUT2D eigenvalue weighted by Crippen LogP contribution is -2.34. The van der Waals surface area contributed by atoms with E-state index in [0.29, 0.717) is 23.5 Å². The van der Waals surface area contributed by atoms with E-state index in [2.05, 4.69) is 10.6 Å². The molecule has 1 atom stereocenters. The van der Waals surface area contributed by atoms with E-state index < -0.39 is 6.10 Å². The number of ether oxygens (including phenoxy) is 1. The molecule has 18 heavy (non-hydrogen) atoms. The Kier molecular flexibility index (Phi) is 3.50. The van der Waals surface area contributed by atoms with Crippen LogP contribution in [0.2, 0.25) is 0 Å². The van der Waals surface area contributed by atoms with Gasteiger partial charge in [0.15, 0.2) is 6.10 Å². The van der Waals surface area contributed by atoms with Crippen LogP contribution < -0.4 is 15.4 Å². The van der Waals surface area contributed by atoms with Crippen LogP contribution in [0.25, 0.3) is 0 Å². The molecule has 0 aliphatic carbocycles. The summed E-state index contributed by atoms with van der Waals surface area (Å²) in [5, 5.41) is 5.52. The quantitative estimate of drug-likeness (QED) is 0.861. The molecule has 2 amide bonds. The van der Waals surface area contributed by atoms with E-state index in [1.165, 1.54) is 0 Å². The normalized spacial score (nSPS) is 17.4. The lowest BCUT2D eigenvalue weighted by atomic mass is 10.2. The maximum absolute atomic E-state index is 11.6. The van der Waals surface area contributed by atoms with E-state index in [9.17, 15) is 9.59 Å². The van der Waals surface area contributed by atoms with E-state index in [-0.39, 0.29) is 11.8 Å². The molecule has 2 N–H and O–H groups in total. The molecule has 2 rings (SSSR count). The lowest BCUT2D eigenvalue weighted by Gasteiger charge is -2.25. The van der Waals surface area contributed by atoms with E-state index in [4.69, 9.17) is 4.74 Å². The molecule has 1 aliphatic heterocycles. The van der Waals surface area contributed by atoms with Crippen LogP contribution in [0.5, 0.6) is 5.75 Å². The third-order valence-electron chi connectivity index (χ3n) is 2.70. The number of carbonyl (C=O) groups excluding carboxylic acids is 2. The van der Waals surface area contributed by atoms with Crippen molar-refractivity contribution in [1.82, 2.24) is 0 Å². The monoisotopic (exact) mass is 248 g/mol. The molecule has 1 aliphatic rings. The van der Waals surface area contributed by atoms with E-state index in [0.717, 1.165) is 6.42 Å². The van der Waals surface area contributed by atoms with Crippen molar-refractivity contribution in [1.29, 1.82) is 0 Å². The van der Waals surface area contributed by atoms with E-state index in [1.807, 2.05) is 6.92 Å². The molecule has 0 fully saturated rings. The van der Waals surface area contributed by atoms with E-state index >= 15 is 0 Å². The Balaban J connectivity index is 2.25. The zero-order valence-corrected chi connectivity index (χ0v) is 10.4. The molecule has 5 nitrogen and oxygen atoms in total. The summed E-state index contributed by atoms with van der Waals surface area (Å²) in [6.45, 7) is 3.62. The van der Waals surface area contributed by atoms with Crippen molar-refractivity contribution < 1.29 is 14.3 Å². The second kappa shape index (κ2) is 5.08. The second-order valence-corrected chi connectivity index (χ2v) is 4.23. The molecule has 0 radical (unpaired) electrons. The van der Waals surface area contributed by atoms with Gasteiger partial charge in [-0.25, -0.2) is 0 Å². The summed E-state index contributed by atoms with van der Waals surface area (Å²) in [4.78, 5) is 23.2. The Hall–Kier alpha value is -2.04. The summed E-state index contributed by atoms with van der Waals surface area (Å²) in [5.74, 6) is 0.301. The highest BCUT2D eigenvalue weighted by molar-refractivity contribution is 6.04. The Morgan fingerprint density at radius 3 is 3.00 bits per heavy atom. The number of fused-ring (bicyclic) bond motifs is 1. The van der Waals surface area contributed by atoms with Crippen molar-refractivity contribution in [3.05, 3.63) is 18.2 Å². The van der Waals surface area contributed by atoms with Crippen molar-refractivity contribution in [2.24, 2.45) is 0 Å². The number of anilines is 2. The fourth-order valence-corrected chi connectivity index (χ4v) is 1.77. The number of nitrogens with one attached hydrogen (secondary N) is 2. The maximum Gasteiger partial charge on any atom is 0.265 e. The molecule has 0 saturated carbocycles. The largest absolute Gasteiger partial charge is 0.479 e. The molecule has 5 heteroatoms. The number of hydrogen-bond acceptors (Lipinski definition) is 3. The molecule has 0 aromatic heterocycles. The highest BCUT2D eigenvalue weighted by Crippen LogP contribution is 2.36. The van der Waals surface area contributed by atoms with Crippen molar-refractivity contribution in [3.63, 3.8) is 0 Å². The second-order valence-electron chi connectivity index (χ2n) is 4.23. The van der Waals surface area contributed by atoms with Crippen LogP contribution in [0.1, 0.15) is 26.7 Å². The molecule has 1 unspecified atom stereocenters. The molecule has 1 heterocycles. The first-order chi connectivity index (χ1) is 8.61. The van der Waals surface area contributed by atoms with E-state index in [1.54, 1.807) is 25.1 Å². The van der Waals surface area contributed by atoms with Gasteiger partial charge in [-0.15, -0.1) is 0 Å². The van der Waals surface area contributed by atoms with Crippen molar-refractivity contribution in [2.45, 2.75) is 32.8 Å². The highest BCUT2D eigenvalue weighted by atomic mass is 16.5. The highest BCUT2D eigenvalue weighted by Gasteiger charge is 2.25. The number of benzene rings is 1. The minimum absolute atomic E-state index is 0.0706. The Labute approximate surface area is 106 Å². The van der Waals surface area contributed by atoms with Crippen LogP contribution >= 0.6 is 0 Å². The standard InChI is InChI=1S/C13H16N2O3/c1-3-5-11(16)14-9-6-4-7-10-12(9)15-13(17)8(2)18-10/h4,6-8H,3,5H2,1-2H3,(H,14,16)(H,15,17).